The quantitative estimate of drug-likeness (QED) is 0.103. The van der Waals surface area contributed by atoms with Gasteiger partial charge in [0.15, 0.2) is 0 Å². The molecule has 0 fully saturated rings. The topological polar surface area (TPSA) is 202 Å². The number of allylic oxidation sites excluding steroid dienone is 5. The first kappa shape index (κ1) is 37.2. The van der Waals surface area contributed by atoms with Crippen molar-refractivity contribution in [1.82, 2.24) is 10.3 Å². The first-order valence-corrected chi connectivity index (χ1v) is 18.8. The largest absolute Gasteiger partial charge is 0.478 e. The van der Waals surface area contributed by atoms with Gasteiger partial charge in [0, 0.05) is 33.1 Å². The molecule has 8 bridgehead atoms. The lowest BCUT2D eigenvalue weighted by Gasteiger charge is -2.36. The fourth-order valence-corrected chi connectivity index (χ4v) is 8.02. The predicted molar refractivity (Wildman–Crippen MR) is 225 cm³/mol. The minimum atomic E-state index is -1.15. The number of hydrogen-bond donors (Lipinski definition) is 6. The Bertz CT molecular complexity index is 3050. The van der Waals surface area contributed by atoms with Crippen LogP contribution in [0.15, 0.2) is 167 Å². The average Bonchev–Trinajstić information content (AvgIpc) is 4.09. The van der Waals surface area contributed by atoms with Gasteiger partial charge in [-0.05, 0) is 120 Å². The van der Waals surface area contributed by atoms with Crippen LogP contribution in [0.1, 0.15) is 70.1 Å². The number of carbonyl (C=O) groups is 4. The van der Waals surface area contributed by atoms with Gasteiger partial charge in [-0.1, -0.05) is 54.6 Å². The van der Waals surface area contributed by atoms with E-state index in [1.807, 2.05) is 48.6 Å². The van der Waals surface area contributed by atoms with Crippen molar-refractivity contribution in [2.75, 3.05) is 0 Å². The summed E-state index contributed by atoms with van der Waals surface area (Å²) in [6, 6.07) is 30.0. The number of benzene rings is 4. The van der Waals surface area contributed by atoms with Crippen molar-refractivity contribution in [3.8, 4) is 0 Å². The van der Waals surface area contributed by atoms with E-state index in [-0.39, 0.29) is 22.3 Å². The fraction of sp³-hybridized carbons (Fsp3) is 0.0417. The normalized spacial score (nSPS) is 18.4. The Kier molecular flexibility index (Phi) is 9.01. The summed E-state index contributed by atoms with van der Waals surface area (Å²) < 4.78 is 0. The number of nitrogens with one attached hydrogen (secondary N) is 2. The molecule has 0 saturated carbocycles. The number of carboxylic acid groups (broad SMARTS) is 4. The minimum Gasteiger partial charge on any atom is -0.478 e. The number of aromatic carboxylic acids is 4. The van der Waals surface area contributed by atoms with Crippen LogP contribution in [0.5, 0.6) is 0 Å². The Morgan fingerprint density at radius 2 is 1.05 bits per heavy atom. The van der Waals surface area contributed by atoms with Gasteiger partial charge in [0.2, 0.25) is 0 Å². The maximum absolute atomic E-state index is 12.1. The molecule has 0 spiro atoms. The second-order valence-corrected chi connectivity index (χ2v) is 14.4. The summed E-state index contributed by atoms with van der Waals surface area (Å²) in [5.74, 6) is -4.30. The number of rotatable bonds is 8. The SMILES string of the molecule is O=C(O)c1ccc(C2=C3C=CC(=N3)/C=c3/ccc([nH]3)=C(c3ccc(C(=O)O)cc3)C3=NC(=C(c4ccc(C(=O)O)cc4)C4(c5ccc(C(=O)O)cc5)CC=C2N4)C=C3)cc1. The Morgan fingerprint density at radius 1 is 0.533 bits per heavy atom. The molecular formula is C48H32N4O8. The van der Waals surface area contributed by atoms with Crippen molar-refractivity contribution >= 4 is 58.1 Å². The van der Waals surface area contributed by atoms with Crippen molar-refractivity contribution in [2.45, 2.75) is 12.0 Å². The van der Waals surface area contributed by atoms with E-state index >= 15 is 0 Å². The van der Waals surface area contributed by atoms with Crippen LogP contribution in [0.3, 0.4) is 0 Å². The standard InChI is InChI=1S/C48H32N4O8/c53-44(54)29-7-1-26(2-8-29)41-36-19-17-34(49-36)25-35-18-20-37(50-35)42(27-3-9-30(10-4-27)45(55)56)39-23-24-48(52-39,33-15-13-32(14-16-33)47(59)60)43(40-22-21-38(41)51-40)28-5-11-31(12-6-28)46(57)58/h1-23,25,49,52H,24H2,(H,53,54)(H,55,56)(H,57,58)(H,59,60)/b34-25-,41-36?,42-37?,43-40?. The van der Waals surface area contributed by atoms with Gasteiger partial charge in [0.05, 0.1) is 50.6 Å². The molecule has 5 heterocycles. The maximum Gasteiger partial charge on any atom is 0.335 e. The van der Waals surface area contributed by atoms with E-state index in [9.17, 15) is 39.6 Å². The third-order valence-corrected chi connectivity index (χ3v) is 10.9. The van der Waals surface area contributed by atoms with Crippen LogP contribution in [-0.2, 0) is 5.54 Å². The molecule has 5 aromatic rings. The Morgan fingerprint density at radius 3 is 1.62 bits per heavy atom. The summed E-state index contributed by atoms with van der Waals surface area (Å²) in [5.41, 5.74) is 7.04. The van der Waals surface area contributed by atoms with Crippen LogP contribution in [0.25, 0.3) is 22.8 Å². The third kappa shape index (κ3) is 6.57. The number of aromatic amines is 1. The summed E-state index contributed by atoms with van der Waals surface area (Å²) in [5, 5.41) is 44.4. The number of H-pyrrole nitrogens is 1. The van der Waals surface area contributed by atoms with Gasteiger partial charge in [-0.25, -0.2) is 29.2 Å². The van der Waals surface area contributed by atoms with Gasteiger partial charge < -0.3 is 30.7 Å². The molecule has 4 aliphatic rings. The van der Waals surface area contributed by atoms with E-state index in [1.165, 1.54) is 48.5 Å². The summed E-state index contributed by atoms with van der Waals surface area (Å²) in [6.45, 7) is 0. The number of aliphatic imine (C=N–C) groups is 2. The molecule has 9 rings (SSSR count). The number of aromatic nitrogens is 1. The van der Waals surface area contributed by atoms with E-state index in [1.54, 1.807) is 48.5 Å². The maximum atomic E-state index is 12.1. The molecule has 60 heavy (non-hydrogen) atoms. The van der Waals surface area contributed by atoms with E-state index in [0.717, 1.165) is 5.35 Å². The molecule has 1 aromatic heterocycles. The predicted octanol–water partition coefficient (Wildman–Crippen LogP) is 6.42. The van der Waals surface area contributed by atoms with Crippen LogP contribution in [-0.4, -0.2) is 60.7 Å². The molecule has 0 radical (unpaired) electrons. The number of fused-ring (bicyclic) bond motifs is 6. The zero-order chi connectivity index (χ0) is 41.7. The zero-order valence-electron chi connectivity index (χ0n) is 31.4. The molecule has 6 N–H and O–H groups in total. The highest BCUT2D eigenvalue weighted by Crippen LogP contribution is 2.49. The first-order chi connectivity index (χ1) is 29.0. The zero-order valence-corrected chi connectivity index (χ0v) is 31.4. The minimum absolute atomic E-state index is 0.0834. The van der Waals surface area contributed by atoms with Gasteiger partial charge in [-0.3, -0.25) is 0 Å². The number of hydrogen-bond acceptors (Lipinski definition) is 7. The van der Waals surface area contributed by atoms with Gasteiger partial charge >= 0.3 is 23.9 Å². The molecule has 4 aliphatic heterocycles. The van der Waals surface area contributed by atoms with E-state index in [4.69, 9.17) is 9.98 Å². The molecule has 0 saturated heterocycles. The summed E-state index contributed by atoms with van der Waals surface area (Å²) in [7, 11) is 0. The lowest BCUT2D eigenvalue weighted by Crippen LogP contribution is -2.40. The molecule has 1 atom stereocenters. The second kappa shape index (κ2) is 14.5. The summed E-state index contributed by atoms with van der Waals surface area (Å²) >= 11 is 0. The van der Waals surface area contributed by atoms with E-state index < -0.39 is 29.4 Å². The van der Waals surface area contributed by atoms with Crippen LogP contribution in [0.4, 0.5) is 0 Å². The number of carboxylic acids is 4. The fourth-order valence-electron chi connectivity index (χ4n) is 8.02. The lowest BCUT2D eigenvalue weighted by molar-refractivity contribution is 0.0686. The molecule has 4 aromatic carbocycles. The van der Waals surface area contributed by atoms with Crippen LogP contribution in [0, 0.1) is 0 Å². The number of nitrogens with zero attached hydrogens (tertiary/aromatic N) is 2. The van der Waals surface area contributed by atoms with Crippen molar-refractivity contribution in [2.24, 2.45) is 9.98 Å². The highest BCUT2D eigenvalue weighted by molar-refractivity contribution is 6.30. The van der Waals surface area contributed by atoms with Crippen molar-refractivity contribution < 1.29 is 39.6 Å². The van der Waals surface area contributed by atoms with E-state index in [2.05, 4.69) is 10.3 Å². The van der Waals surface area contributed by atoms with Gasteiger partial charge in [-0.2, -0.15) is 0 Å². The molecule has 0 amide bonds. The average molecular weight is 793 g/mol. The van der Waals surface area contributed by atoms with Crippen molar-refractivity contribution in [3.05, 3.63) is 212 Å². The van der Waals surface area contributed by atoms with Crippen LogP contribution < -0.4 is 16.0 Å². The monoisotopic (exact) mass is 792 g/mol. The Labute approximate surface area is 340 Å². The molecule has 1 unspecified atom stereocenters. The Hall–Kier alpha value is -8.38. The first-order valence-electron chi connectivity index (χ1n) is 18.8. The van der Waals surface area contributed by atoms with Crippen molar-refractivity contribution in [3.63, 3.8) is 0 Å². The molecule has 12 nitrogen and oxygen atoms in total. The van der Waals surface area contributed by atoms with E-state index in [0.29, 0.717) is 79.3 Å². The van der Waals surface area contributed by atoms with Crippen LogP contribution in [0.2, 0.25) is 0 Å². The molecule has 0 aliphatic carbocycles. The smallest absolute Gasteiger partial charge is 0.335 e. The summed E-state index contributed by atoms with van der Waals surface area (Å²) in [6.07, 6.45) is 11.8. The van der Waals surface area contributed by atoms with Crippen molar-refractivity contribution in [1.29, 1.82) is 0 Å². The van der Waals surface area contributed by atoms with Crippen LogP contribution >= 0.6 is 0 Å². The third-order valence-electron chi connectivity index (χ3n) is 10.9. The van der Waals surface area contributed by atoms with Gasteiger partial charge in [0.25, 0.3) is 0 Å². The summed E-state index contributed by atoms with van der Waals surface area (Å²) in [4.78, 5) is 61.6. The van der Waals surface area contributed by atoms with Gasteiger partial charge in [0.1, 0.15) is 0 Å². The van der Waals surface area contributed by atoms with Gasteiger partial charge in [-0.15, -0.1) is 0 Å². The molecule has 12 heteroatoms. The highest BCUT2D eigenvalue weighted by atomic mass is 16.4. The Balaban J connectivity index is 1.36. The molecular weight excluding hydrogens is 761 g/mol. The lowest BCUT2D eigenvalue weighted by atomic mass is 9.76. The molecule has 292 valence electrons. The highest BCUT2D eigenvalue weighted by Gasteiger charge is 2.43. The second-order valence-electron chi connectivity index (χ2n) is 14.4.